The summed E-state index contributed by atoms with van der Waals surface area (Å²) in [5.41, 5.74) is 7.10. The van der Waals surface area contributed by atoms with Crippen LogP contribution in [0.2, 0.25) is 0 Å². The summed E-state index contributed by atoms with van der Waals surface area (Å²) in [7, 11) is 0. The Hall–Kier alpha value is -0.860. The summed E-state index contributed by atoms with van der Waals surface area (Å²) in [6.07, 6.45) is 9.12. The molecule has 2 heteroatoms. The first-order valence-electron chi connectivity index (χ1n) is 7.88. The van der Waals surface area contributed by atoms with Gasteiger partial charge >= 0.3 is 0 Å². The van der Waals surface area contributed by atoms with E-state index in [1.54, 1.807) is 0 Å². The summed E-state index contributed by atoms with van der Waals surface area (Å²) in [5, 5.41) is 0. The molecule has 19 heavy (non-hydrogen) atoms. The monoisotopic (exact) mass is 260 g/mol. The molecule has 106 valence electrons. The Bertz CT molecular complexity index is 336. The second-order valence-electron chi connectivity index (χ2n) is 5.71. The van der Waals surface area contributed by atoms with Gasteiger partial charge in [-0.05, 0) is 70.1 Å². The summed E-state index contributed by atoms with van der Waals surface area (Å²) < 4.78 is 0. The molecule has 1 unspecified atom stereocenters. The Morgan fingerprint density at radius 2 is 1.95 bits per heavy atom. The quantitative estimate of drug-likeness (QED) is 0.727. The third-order valence-corrected chi connectivity index (χ3v) is 4.24. The van der Waals surface area contributed by atoms with Gasteiger partial charge in [-0.15, -0.1) is 0 Å². The van der Waals surface area contributed by atoms with Crippen LogP contribution in [0.5, 0.6) is 0 Å². The van der Waals surface area contributed by atoms with Crippen LogP contribution in [0.3, 0.4) is 0 Å². The highest BCUT2D eigenvalue weighted by molar-refractivity contribution is 5.14. The van der Waals surface area contributed by atoms with Crippen LogP contribution in [0.15, 0.2) is 30.3 Å². The first-order chi connectivity index (χ1) is 9.40. The second kappa shape index (κ2) is 8.34. The Morgan fingerprint density at radius 1 is 1.11 bits per heavy atom. The zero-order chi connectivity index (χ0) is 13.3. The van der Waals surface area contributed by atoms with Crippen molar-refractivity contribution < 1.29 is 0 Å². The molecular formula is C17H28N2. The van der Waals surface area contributed by atoms with E-state index in [0.717, 1.165) is 12.6 Å². The molecule has 1 aromatic rings. The van der Waals surface area contributed by atoms with Crippen molar-refractivity contribution in [1.82, 2.24) is 4.90 Å². The van der Waals surface area contributed by atoms with Crippen molar-refractivity contribution in [2.75, 3.05) is 19.6 Å². The molecule has 1 fully saturated rings. The van der Waals surface area contributed by atoms with Gasteiger partial charge < -0.3 is 10.6 Å². The average molecular weight is 260 g/mol. The van der Waals surface area contributed by atoms with Crippen LogP contribution < -0.4 is 5.73 Å². The van der Waals surface area contributed by atoms with Gasteiger partial charge in [0.1, 0.15) is 0 Å². The zero-order valence-electron chi connectivity index (χ0n) is 12.1. The summed E-state index contributed by atoms with van der Waals surface area (Å²) in [4.78, 5) is 2.70. The van der Waals surface area contributed by atoms with Crippen LogP contribution >= 0.6 is 0 Å². The first-order valence-corrected chi connectivity index (χ1v) is 7.88. The van der Waals surface area contributed by atoms with E-state index in [9.17, 15) is 0 Å². The number of unbranched alkanes of at least 4 members (excludes halogenated alkanes) is 1. The van der Waals surface area contributed by atoms with E-state index in [1.165, 1.54) is 63.6 Å². The fraction of sp³-hybridized carbons (Fsp3) is 0.647. The van der Waals surface area contributed by atoms with E-state index in [1.807, 2.05) is 0 Å². The molecule has 0 spiro atoms. The van der Waals surface area contributed by atoms with Crippen molar-refractivity contribution in [3.8, 4) is 0 Å². The molecular weight excluding hydrogens is 232 g/mol. The molecule has 2 N–H and O–H groups in total. The van der Waals surface area contributed by atoms with E-state index >= 15 is 0 Å². The van der Waals surface area contributed by atoms with Crippen molar-refractivity contribution in [3.63, 3.8) is 0 Å². The molecule has 0 bridgehead atoms. The number of likely N-dealkylation sites (tertiary alicyclic amines) is 1. The van der Waals surface area contributed by atoms with Gasteiger partial charge in [-0.1, -0.05) is 30.3 Å². The van der Waals surface area contributed by atoms with Gasteiger partial charge in [0.05, 0.1) is 0 Å². The zero-order valence-corrected chi connectivity index (χ0v) is 12.1. The number of hydrogen-bond donors (Lipinski definition) is 1. The molecule has 1 saturated heterocycles. The molecule has 2 rings (SSSR count). The number of nitrogens with zero attached hydrogens (tertiary/aromatic N) is 1. The molecule has 0 saturated carbocycles. The van der Waals surface area contributed by atoms with E-state index in [0.29, 0.717) is 0 Å². The summed E-state index contributed by atoms with van der Waals surface area (Å²) in [5.74, 6) is 0. The van der Waals surface area contributed by atoms with Crippen LogP contribution in [0.1, 0.15) is 44.1 Å². The highest BCUT2D eigenvalue weighted by Crippen LogP contribution is 2.21. The molecule has 1 atom stereocenters. The lowest BCUT2D eigenvalue weighted by molar-refractivity contribution is 0.236. The molecule has 1 aliphatic rings. The summed E-state index contributed by atoms with van der Waals surface area (Å²) in [6, 6.07) is 11.7. The number of hydrogen-bond acceptors (Lipinski definition) is 2. The second-order valence-corrected chi connectivity index (χ2v) is 5.71. The average Bonchev–Trinajstić information content (AvgIpc) is 2.90. The summed E-state index contributed by atoms with van der Waals surface area (Å²) in [6.45, 7) is 3.43. The van der Waals surface area contributed by atoms with Gasteiger partial charge in [0.2, 0.25) is 0 Å². The standard InChI is InChI=1S/C17H28N2/c18-13-6-11-17-12-7-15-19(17)14-5-4-10-16-8-2-1-3-9-16/h1-3,8-9,17H,4-7,10-15,18H2. The predicted molar refractivity (Wildman–Crippen MR) is 82.3 cm³/mol. The van der Waals surface area contributed by atoms with E-state index < -0.39 is 0 Å². The fourth-order valence-corrected chi connectivity index (χ4v) is 3.16. The van der Waals surface area contributed by atoms with Crippen molar-refractivity contribution in [3.05, 3.63) is 35.9 Å². The van der Waals surface area contributed by atoms with Gasteiger partial charge in [0.15, 0.2) is 0 Å². The van der Waals surface area contributed by atoms with Crippen molar-refractivity contribution >= 4 is 0 Å². The fourth-order valence-electron chi connectivity index (χ4n) is 3.16. The smallest absolute Gasteiger partial charge is 0.00962 e. The predicted octanol–water partition coefficient (Wildman–Crippen LogP) is 3.21. The van der Waals surface area contributed by atoms with E-state index in [2.05, 4.69) is 35.2 Å². The maximum absolute atomic E-state index is 5.62. The molecule has 0 aromatic heterocycles. The topological polar surface area (TPSA) is 29.3 Å². The van der Waals surface area contributed by atoms with Gasteiger partial charge in [-0.2, -0.15) is 0 Å². The molecule has 1 aromatic carbocycles. The molecule has 0 aliphatic carbocycles. The van der Waals surface area contributed by atoms with E-state index in [-0.39, 0.29) is 0 Å². The maximum Gasteiger partial charge on any atom is 0.00962 e. The molecule has 1 heterocycles. The van der Waals surface area contributed by atoms with E-state index in [4.69, 9.17) is 5.73 Å². The first kappa shape index (κ1) is 14.5. The van der Waals surface area contributed by atoms with Crippen LogP contribution in [-0.2, 0) is 6.42 Å². The van der Waals surface area contributed by atoms with Crippen molar-refractivity contribution in [2.45, 2.75) is 51.0 Å². The van der Waals surface area contributed by atoms with Crippen LogP contribution in [0.25, 0.3) is 0 Å². The lowest BCUT2D eigenvalue weighted by atomic mass is 10.1. The van der Waals surface area contributed by atoms with Gasteiger partial charge in [0, 0.05) is 6.04 Å². The lowest BCUT2D eigenvalue weighted by Crippen LogP contribution is -2.30. The number of rotatable bonds is 8. The third-order valence-electron chi connectivity index (χ3n) is 4.24. The minimum atomic E-state index is 0.820. The van der Waals surface area contributed by atoms with Crippen LogP contribution in [0, 0.1) is 0 Å². The summed E-state index contributed by atoms with van der Waals surface area (Å²) >= 11 is 0. The minimum absolute atomic E-state index is 0.820. The molecule has 1 aliphatic heterocycles. The normalized spacial score (nSPS) is 19.9. The number of benzene rings is 1. The van der Waals surface area contributed by atoms with Crippen molar-refractivity contribution in [1.29, 1.82) is 0 Å². The Kier molecular flexibility index (Phi) is 6.38. The minimum Gasteiger partial charge on any atom is -0.330 e. The number of aryl methyl sites for hydroxylation is 1. The Balaban J connectivity index is 1.62. The molecule has 0 radical (unpaired) electrons. The van der Waals surface area contributed by atoms with Gasteiger partial charge in [-0.3, -0.25) is 0 Å². The van der Waals surface area contributed by atoms with Gasteiger partial charge in [-0.25, -0.2) is 0 Å². The highest BCUT2D eigenvalue weighted by atomic mass is 15.2. The van der Waals surface area contributed by atoms with Crippen LogP contribution in [-0.4, -0.2) is 30.6 Å². The third kappa shape index (κ3) is 4.96. The number of nitrogens with two attached hydrogens (primary N) is 1. The van der Waals surface area contributed by atoms with Gasteiger partial charge in [0.25, 0.3) is 0 Å². The maximum atomic E-state index is 5.62. The lowest BCUT2D eigenvalue weighted by Gasteiger charge is -2.24. The highest BCUT2D eigenvalue weighted by Gasteiger charge is 2.22. The Morgan fingerprint density at radius 3 is 2.74 bits per heavy atom. The SMILES string of the molecule is NCCCC1CCCN1CCCCc1ccccc1. The molecule has 2 nitrogen and oxygen atoms in total. The van der Waals surface area contributed by atoms with Crippen molar-refractivity contribution in [2.24, 2.45) is 5.73 Å². The Labute approximate surface area is 118 Å². The van der Waals surface area contributed by atoms with Crippen LogP contribution in [0.4, 0.5) is 0 Å². The molecule has 0 amide bonds. The largest absolute Gasteiger partial charge is 0.330 e.